The van der Waals surface area contributed by atoms with E-state index in [1.165, 1.54) is 18.3 Å². The van der Waals surface area contributed by atoms with Crippen molar-refractivity contribution in [3.63, 3.8) is 0 Å². The van der Waals surface area contributed by atoms with E-state index in [0.717, 1.165) is 4.90 Å². The van der Waals surface area contributed by atoms with Gasteiger partial charge in [0.1, 0.15) is 48.5 Å². The summed E-state index contributed by atoms with van der Waals surface area (Å²) >= 11 is 8.34. The number of primary amides is 3. The SMILES string of the molecule is CC[C@H](C)[C@H](NC(=O)[C@H](Cc1ccc(O)cc1)NC(=O)CCS)C(=O)N[C@@H](CCC(N)=O)C(=O)N[C@@H](CC(N)=O)C(=O)N[C@H](CS)C(=O)N(CC(=O)N[C@@H](CC(C)C)C(=O)NCC(N)=O)Cc1ccccn1. The van der Waals surface area contributed by atoms with Gasteiger partial charge in [0.15, 0.2) is 0 Å². The van der Waals surface area contributed by atoms with E-state index in [4.69, 9.17) is 17.2 Å². The van der Waals surface area contributed by atoms with Crippen LogP contribution in [0.5, 0.6) is 5.75 Å². The number of amides is 11. The quantitative estimate of drug-likeness (QED) is 0.0334. The average Bonchev–Trinajstić information content (AvgIpc) is 3.32. The molecule has 2 rings (SSSR count). The normalized spacial score (nSPS) is 13.8. The smallest absolute Gasteiger partial charge is 0.246 e. The third-order valence-electron chi connectivity index (χ3n) is 10.8. The lowest BCUT2D eigenvalue weighted by molar-refractivity contribution is -0.141. The number of nitrogens with one attached hydrogen (secondary N) is 7. The minimum Gasteiger partial charge on any atom is -0.508 e. The molecule has 2 aromatic rings. The number of pyridine rings is 1. The second-order valence-corrected chi connectivity index (χ2v) is 18.1. The lowest BCUT2D eigenvalue weighted by atomic mass is 9.96. The van der Waals surface area contributed by atoms with Gasteiger partial charge < -0.3 is 64.4 Å². The number of phenolic OH excluding ortho intramolecular Hbond substituents is 1. The maximum atomic E-state index is 14.2. The molecule has 72 heavy (non-hydrogen) atoms. The Labute approximate surface area is 428 Å². The number of nitrogens with two attached hydrogens (primary N) is 3. The van der Waals surface area contributed by atoms with Crippen LogP contribution in [0, 0.1) is 11.8 Å². The van der Waals surface area contributed by atoms with Gasteiger partial charge in [0.2, 0.25) is 65.0 Å². The predicted octanol–water partition coefficient (Wildman–Crippen LogP) is -2.65. The van der Waals surface area contributed by atoms with E-state index in [0.29, 0.717) is 17.7 Å². The molecule has 14 N–H and O–H groups in total. The van der Waals surface area contributed by atoms with E-state index in [2.05, 4.69) is 67.5 Å². The highest BCUT2D eigenvalue weighted by Gasteiger charge is 2.36. The van der Waals surface area contributed by atoms with Gasteiger partial charge in [0, 0.05) is 31.2 Å². The number of hydrogen-bond donors (Lipinski definition) is 13. The zero-order valence-electron chi connectivity index (χ0n) is 40.7. The molecule has 396 valence electrons. The summed E-state index contributed by atoms with van der Waals surface area (Å²) in [7, 11) is 0. The minimum absolute atomic E-state index is 0.0259. The van der Waals surface area contributed by atoms with Crippen molar-refractivity contribution in [1.29, 1.82) is 0 Å². The molecule has 0 aliphatic carbocycles. The van der Waals surface area contributed by atoms with Gasteiger partial charge in [-0.2, -0.15) is 25.3 Å². The number of benzene rings is 1. The Bertz CT molecular complexity index is 2210. The second kappa shape index (κ2) is 31.4. The number of hydrogen-bond acceptors (Lipinski definition) is 15. The van der Waals surface area contributed by atoms with E-state index in [1.807, 2.05) is 0 Å². The second-order valence-electron chi connectivity index (χ2n) is 17.3. The first-order chi connectivity index (χ1) is 34.0. The third-order valence-corrected chi connectivity index (χ3v) is 11.4. The Balaban J connectivity index is 2.42. The minimum atomic E-state index is -1.80. The van der Waals surface area contributed by atoms with Crippen LogP contribution in [-0.2, 0) is 65.7 Å². The number of thiol groups is 2. The number of phenols is 1. The first-order valence-electron chi connectivity index (χ1n) is 23.1. The van der Waals surface area contributed by atoms with Crippen LogP contribution in [0.1, 0.15) is 77.5 Å². The van der Waals surface area contributed by atoms with Gasteiger partial charge in [-0.3, -0.25) is 57.7 Å². The number of carbonyl (C=O) groups is 11. The molecule has 1 aromatic carbocycles. The molecule has 7 atom stereocenters. The van der Waals surface area contributed by atoms with Crippen molar-refractivity contribution >= 4 is 90.2 Å². The fraction of sp³-hybridized carbons (Fsp3) is 0.522. The number of aromatic hydroxyl groups is 1. The summed E-state index contributed by atoms with van der Waals surface area (Å²) in [5.41, 5.74) is 16.9. The Hall–Kier alpha value is -6.96. The molecule has 0 saturated heterocycles. The highest BCUT2D eigenvalue weighted by molar-refractivity contribution is 7.80. The van der Waals surface area contributed by atoms with Gasteiger partial charge in [0.25, 0.3) is 0 Å². The molecule has 0 unspecified atom stereocenters. The highest BCUT2D eigenvalue weighted by Crippen LogP contribution is 2.15. The maximum Gasteiger partial charge on any atom is 0.246 e. The summed E-state index contributed by atoms with van der Waals surface area (Å²) in [6, 6.07) is 2.11. The summed E-state index contributed by atoms with van der Waals surface area (Å²) in [4.78, 5) is 150. The molecule has 0 spiro atoms. The van der Waals surface area contributed by atoms with Crippen molar-refractivity contribution in [2.45, 2.75) is 115 Å². The van der Waals surface area contributed by atoms with Crippen LogP contribution in [0.15, 0.2) is 48.7 Å². The summed E-state index contributed by atoms with van der Waals surface area (Å²) in [5.74, 6) is -10.4. The third kappa shape index (κ3) is 22.4. The topological polar surface area (TPSA) is 386 Å². The Morgan fingerprint density at radius 3 is 1.83 bits per heavy atom. The molecule has 0 radical (unpaired) electrons. The van der Waals surface area contributed by atoms with Gasteiger partial charge in [-0.15, -0.1) is 0 Å². The molecule has 0 aliphatic heterocycles. The van der Waals surface area contributed by atoms with Gasteiger partial charge >= 0.3 is 0 Å². The standard InChI is InChI=1S/C46H68N12O12S2/c1-5-26(4)40(57-44(68)32(52-38(63)15-17-71)19-27-9-11-29(59)12-10-27)45(69)54-30(13-14-35(47)60)42(66)55-33(20-36(48)61)43(67)56-34(24-72)46(70)58(22-28-8-6-7-16-50-28)23-39(64)53-31(18-25(2)3)41(65)51-21-37(49)62/h6-12,16,25-26,30-34,40,59,71-72H,5,13-15,17-24H2,1-4H3,(H2,47,60)(H2,48,61)(H2,49,62)(H,51,65)(H,52,63)(H,53,64)(H,54,69)(H,55,66)(H,56,67)(H,57,68)/t26-,30-,31-,32-,33-,34+,40-/m0/s1. The summed E-state index contributed by atoms with van der Waals surface area (Å²) in [6.07, 6.45) is 0.151. The zero-order valence-corrected chi connectivity index (χ0v) is 42.5. The van der Waals surface area contributed by atoms with Crippen molar-refractivity contribution in [3.8, 4) is 5.75 Å². The van der Waals surface area contributed by atoms with Crippen molar-refractivity contribution in [2.24, 2.45) is 29.0 Å². The highest BCUT2D eigenvalue weighted by atomic mass is 32.1. The lowest BCUT2D eigenvalue weighted by Crippen LogP contribution is -2.61. The summed E-state index contributed by atoms with van der Waals surface area (Å²) in [6.45, 7) is 5.54. The summed E-state index contributed by atoms with van der Waals surface area (Å²) < 4.78 is 0. The Morgan fingerprint density at radius 2 is 1.28 bits per heavy atom. The summed E-state index contributed by atoms with van der Waals surface area (Å²) in [5, 5.41) is 27.2. The zero-order chi connectivity index (χ0) is 54.1. The van der Waals surface area contributed by atoms with E-state index < -0.39 is 139 Å². The monoisotopic (exact) mass is 1040 g/mol. The Morgan fingerprint density at radius 1 is 0.667 bits per heavy atom. The van der Waals surface area contributed by atoms with E-state index in [1.54, 1.807) is 58.0 Å². The van der Waals surface area contributed by atoms with Gasteiger partial charge in [-0.1, -0.05) is 52.3 Å². The van der Waals surface area contributed by atoms with Crippen LogP contribution in [0.25, 0.3) is 0 Å². The number of aromatic nitrogens is 1. The van der Waals surface area contributed by atoms with Crippen molar-refractivity contribution in [3.05, 3.63) is 59.9 Å². The van der Waals surface area contributed by atoms with Gasteiger partial charge in [0.05, 0.1) is 25.2 Å². The van der Waals surface area contributed by atoms with Crippen LogP contribution in [-0.4, -0.2) is 141 Å². The van der Waals surface area contributed by atoms with E-state index in [9.17, 15) is 57.8 Å². The Kier molecular flexibility index (Phi) is 26.7. The first kappa shape index (κ1) is 61.2. The van der Waals surface area contributed by atoms with Crippen molar-refractivity contribution < 1.29 is 57.8 Å². The number of nitrogens with zero attached hydrogens (tertiary/aromatic N) is 2. The molecule has 0 aliphatic rings. The van der Waals surface area contributed by atoms with E-state index in [-0.39, 0.29) is 49.0 Å². The predicted molar refractivity (Wildman–Crippen MR) is 269 cm³/mol. The number of carbonyl (C=O) groups excluding carboxylic acids is 11. The van der Waals surface area contributed by atoms with Crippen molar-refractivity contribution in [1.82, 2.24) is 47.1 Å². The molecule has 0 fully saturated rings. The van der Waals surface area contributed by atoms with E-state index >= 15 is 0 Å². The molecule has 11 amide bonds. The fourth-order valence-corrected chi connectivity index (χ4v) is 7.34. The van der Waals surface area contributed by atoms with Crippen molar-refractivity contribution in [2.75, 3.05) is 24.6 Å². The van der Waals surface area contributed by atoms with Gasteiger partial charge in [-0.05, 0) is 60.3 Å². The fourth-order valence-electron chi connectivity index (χ4n) is 6.89. The molecule has 1 heterocycles. The first-order valence-corrected chi connectivity index (χ1v) is 24.4. The molecular weight excluding hydrogens is 977 g/mol. The molecule has 26 heteroatoms. The molecule has 0 bridgehead atoms. The van der Waals surface area contributed by atoms with Gasteiger partial charge in [-0.25, -0.2) is 0 Å². The van der Waals surface area contributed by atoms with Crippen LogP contribution in [0.4, 0.5) is 0 Å². The van der Waals surface area contributed by atoms with Crippen LogP contribution >= 0.6 is 25.3 Å². The molecular formula is C46H68N12O12S2. The largest absolute Gasteiger partial charge is 0.508 e. The molecule has 0 saturated carbocycles. The van der Waals surface area contributed by atoms with Crippen LogP contribution in [0.3, 0.4) is 0 Å². The average molecular weight is 1050 g/mol. The number of rotatable bonds is 32. The van der Waals surface area contributed by atoms with Crippen LogP contribution in [0.2, 0.25) is 0 Å². The van der Waals surface area contributed by atoms with Crippen LogP contribution < -0.4 is 54.4 Å². The molecule has 1 aromatic heterocycles. The lowest BCUT2D eigenvalue weighted by Gasteiger charge is -2.30. The maximum absolute atomic E-state index is 14.2. The molecule has 24 nitrogen and oxygen atoms in total.